The summed E-state index contributed by atoms with van der Waals surface area (Å²) in [6.45, 7) is 3.63. The summed E-state index contributed by atoms with van der Waals surface area (Å²) in [5.74, 6) is 0.845. The molecule has 1 unspecified atom stereocenters. The van der Waals surface area contributed by atoms with Gasteiger partial charge in [0.2, 0.25) is 5.91 Å². The van der Waals surface area contributed by atoms with E-state index in [1.165, 1.54) is 6.42 Å². The number of nitrogens with zero attached hydrogens (tertiary/aromatic N) is 2. The smallest absolute Gasteiger partial charge is 0.244 e. The Kier molecular flexibility index (Phi) is 5.21. The lowest BCUT2D eigenvalue weighted by Crippen LogP contribution is -2.44. The van der Waals surface area contributed by atoms with Crippen LogP contribution in [0.5, 0.6) is 0 Å². The summed E-state index contributed by atoms with van der Waals surface area (Å²) in [4.78, 5) is 18.5. The number of rotatable bonds is 3. The molecule has 1 fully saturated rings. The van der Waals surface area contributed by atoms with Crippen LogP contribution in [0.4, 0.5) is 5.82 Å². The minimum Gasteiger partial charge on any atom is -0.358 e. The van der Waals surface area contributed by atoms with Crippen LogP contribution < -0.4 is 5.32 Å². The SMILES string of the molecule is CC(Nc1ncc(Br)cc1Br)C(=O)N1CCCCC1. The van der Waals surface area contributed by atoms with Gasteiger partial charge in [0.1, 0.15) is 11.9 Å². The number of amides is 1. The Hall–Kier alpha value is -0.620. The first kappa shape index (κ1) is 14.8. The highest BCUT2D eigenvalue weighted by Gasteiger charge is 2.22. The zero-order chi connectivity index (χ0) is 13.8. The van der Waals surface area contributed by atoms with Crippen LogP contribution in [0, 0.1) is 0 Å². The van der Waals surface area contributed by atoms with E-state index in [0.717, 1.165) is 34.9 Å². The molecule has 0 aliphatic carbocycles. The van der Waals surface area contributed by atoms with Crippen molar-refractivity contribution in [1.29, 1.82) is 0 Å². The number of likely N-dealkylation sites (tertiary alicyclic amines) is 1. The molecule has 6 heteroatoms. The fourth-order valence-electron chi connectivity index (χ4n) is 2.18. The highest BCUT2D eigenvalue weighted by Crippen LogP contribution is 2.24. The van der Waals surface area contributed by atoms with E-state index in [4.69, 9.17) is 0 Å². The lowest BCUT2D eigenvalue weighted by atomic mass is 10.1. The first-order valence-electron chi connectivity index (χ1n) is 6.44. The van der Waals surface area contributed by atoms with Crippen molar-refractivity contribution in [3.05, 3.63) is 21.2 Å². The Labute approximate surface area is 130 Å². The molecule has 2 rings (SSSR count). The molecule has 1 aliphatic rings. The number of carbonyl (C=O) groups excluding carboxylic acids is 1. The number of carbonyl (C=O) groups is 1. The van der Waals surface area contributed by atoms with Gasteiger partial charge in [0, 0.05) is 23.8 Å². The van der Waals surface area contributed by atoms with Crippen LogP contribution in [0.3, 0.4) is 0 Å². The molecule has 1 aromatic heterocycles. The zero-order valence-electron chi connectivity index (χ0n) is 10.8. The van der Waals surface area contributed by atoms with Gasteiger partial charge < -0.3 is 10.2 Å². The van der Waals surface area contributed by atoms with Gasteiger partial charge in [-0.15, -0.1) is 0 Å². The van der Waals surface area contributed by atoms with Crippen LogP contribution in [0.15, 0.2) is 21.2 Å². The minimum atomic E-state index is -0.261. The monoisotopic (exact) mass is 389 g/mol. The van der Waals surface area contributed by atoms with E-state index in [0.29, 0.717) is 5.82 Å². The Morgan fingerprint density at radius 3 is 2.68 bits per heavy atom. The van der Waals surface area contributed by atoms with E-state index in [-0.39, 0.29) is 11.9 Å². The number of anilines is 1. The van der Waals surface area contributed by atoms with Crippen molar-refractivity contribution in [1.82, 2.24) is 9.88 Å². The zero-order valence-corrected chi connectivity index (χ0v) is 14.0. The van der Waals surface area contributed by atoms with Crippen molar-refractivity contribution in [2.75, 3.05) is 18.4 Å². The maximum Gasteiger partial charge on any atom is 0.244 e. The van der Waals surface area contributed by atoms with Gasteiger partial charge in [-0.05, 0) is 64.1 Å². The van der Waals surface area contributed by atoms with Crippen LogP contribution in [0.1, 0.15) is 26.2 Å². The van der Waals surface area contributed by atoms with Crippen LogP contribution in [-0.2, 0) is 4.79 Å². The summed E-state index contributed by atoms with van der Waals surface area (Å²) < 4.78 is 1.75. The topological polar surface area (TPSA) is 45.2 Å². The predicted octanol–water partition coefficient (Wildman–Crippen LogP) is 3.42. The third kappa shape index (κ3) is 3.92. The Morgan fingerprint density at radius 2 is 2.05 bits per heavy atom. The molecular formula is C13H17Br2N3O. The standard InChI is InChI=1S/C13H17Br2N3O/c1-9(13(19)18-5-3-2-4-6-18)17-12-11(15)7-10(14)8-16-12/h7-9H,2-6H2,1H3,(H,16,17). The normalized spacial score (nSPS) is 17.1. The van der Waals surface area contributed by atoms with Crippen molar-refractivity contribution >= 4 is 43.6 Å². The van der Waals surface area contributed by atoms with Crippen molar-refractivity contribution in [3.63, 3.8) is 0 Å². The molecule has 0 spiro atoms. The van der Waals surface area contributed by atoms with Crippen LogP contribution in [0.25, 0.3) is 0 Å². The molecule has 0 saturated carbocycles. The maximum atomic E-state index is 12.3. The number of halogens is 2. The Morgan fingerprint density at radius 1 is 1.37 bits per heavy atom. The number of hydrogen-bond acceptors (Lipinski definition) is 3. The maximum absolute atomic E-state index is 12.3. The second-order valence-electron chi connectivity index (χ2n) is 4.74. The molecule has 0 radical (unpaired) electrons. The highest BCUT2D eigenvalue weighted by atomic mass is 79.9. The molecule has 1 aromatic rings. The number of pyridine rings is 1. The molecule has 104 valence electrons. The van der Waals surface area contributed by atoms with E-state index >= 15 is 0 Å². The van der Waals surface area contributed by atoms with Crippen LogP contribution in [-0.4, -0.2) is 34.9 Å². The van der Waals surface area contributed by atoms with Crippen molar-refractivity contribution in [2.45, 2.75) is 32.2 Å². The number of hydrogen-bond donors (Lipinski definition) is 1. The molecular weight excluding hydrogens is 374 g/mol. The van der Waals surface area contributed by atoms with Crippen LogP contribution in [0.2, 0.25) is 0 Å². The molecule has 19 heavy (non-hydrogen) atoms. The summed E-state index contributed by atoms with van der Waals surface area (Å²) in [7, 11) is 0. The first-order valence-corrected chi connectivity index (χ1v) is 8.03. The van der Waals surface area contributed by atoms with Gasteiger partial charge >= 0.3 is 0 Å². The lowest BCUT2D eigenvalue weighted by Gasteiger charge is -2.29. The molecule has 1 N–H and O–H groups in total. The average Bonchev–Trinajstić information content (AvgIpc) is 2.42. The first-order chi connectivity index (χ1) is 9.08. The molecule has 4 nitrogen and oxygen atoms in total. The van der Waals surface area contributed by atoms with Crippen molar-refractivity contribution in [2.24, 2.45) is 0 Å². The fraction of sp³-hybridized carbons (Fsp3) is 0.538. The largest absolute Gasteiger partial charge is 0.358 e. The summed E-state index contributed by atoms with van der Waals surface area (Å²) in [6, 6.07) is 1.65. The molecule has 2 heterocycles. The predicted molar refractivity (Wildman–Crippen MR) is 83.2 cm³/mol. The number of nitrogens with one attached hydrogen (secondary N) is 1. The second kappa shape index (κ2) is 6.70. The Bertz CT molecular complexity index is 461. The number of aromatic nitrogens is 1. The molecule has 1 saturated heterocycles. The van der Waals surface area contributed by atoms with Crippen LogP contribution >= 0.6 is 31.9 Å². The highest BCUT2D eigenvalue weighted by molar-refractivity contribution is 9.11. The average molecular weight is 391 g/mol. The van der Waals surface area contributed by atoms with E-state index in [1.54, 1.807) is 6.20 Å². The van der Waals surface area contributed by atoms with Gasteiger partial charge in [-0.25, -0.2) is 4.98 Å². The number of piperidine rings is 1. The third-order valence-corrected chi connectivity index (χ3v) is 4.24. The summed E-state index contributed by atoms with van der Waals surface area (Å²) in [6.07, 6.45) is 5.16. The van der Waals surface area contributed by atoms with Gasteiger partial charge in [0.05, 0.1) is 4.47 Å². The molecule has 1 atom stereocenters. The van der Waals surface area contributed by atoms with E-state index in [2.05, 4.69) is 42.2 Å². The van der Waals surface area contributed by atoms with E-state index in [9.17, 15) is 4.79 Å². The summed E-state index contributed by atoms with van der Waals surface area (Å²) in [5, 5.41) is 3.16. The fourth-order valence-corrected chi connectivity index (χ4v) is 3.28. The third-order valence-electron chi connectivity index (χ3n) is 3.20. The Balaban J connectivity index is 1.99. The quantitative estimate of drug-likeness (QED) is 0.859. The molecule has 0 aromatic carbocycles. The van der Waals surface area contributed by atoms with Gasteiger partial charge in [0.25, 0.3) is 0 Å². The van der Waals surface area contributed by atoms with Gasteiger partial charge in [-0.1, -0.05) is 0 Å². The van der Waals surface area contributed by atoms with E-state index in [1.807, 2.05) is 17.9 Å². The van der Waals surface area contributed by atoms with Crippen molar-refractivity contribution < 1.29 is 4.79 Å². The molecule has 1 amide bonds. The van der Waals surface area contributed by atoms with Crippen molar-refractivity contribution in [3.8, 4) is 0 Å². The molecule has 1 aliphatic heterocycles. The lowest BCUT2D eigenvalue weighted by molar-refractivity contribution is -0.132. The second-order valence-corrected chi connectivity index (χ2v) is 6.51. The molecule has 0 bridgehead atoms. The summed E-state index contributed by atoms with van der Waals surface area (Å²) in [5.41, 5.74) is 0. The minimum absolute atomic E-state index is 0.149. The van der Waals surface area contributed by atoms with Gasteiger partial charge in [-0.3, -0.25) is 4.79 Å². The van der Waals surface area contributed by atoms with Gasteiger partial charge in [-0.2, -0.15) is 0 Å². The van der Waals surface area contributed by atoms with Gasteiger partial charge in [0.15, 0.2) is 0 Å². The summed E-state index contributed by atoms with van der Waals surface area (Å²) >= 11 is 6.80. The van der Waals surface area contributed by atoms with E-state index < -0.39 is 0 Å².